The van der Waals surface area contributed by atoms with Crippen molar-refractivity contribution in [2.75, 3.05) is 13.1 Å². The van der Waals surface area contributed by atoms with Crippen LogP contribution in [0, 0.1) is 52.3 Å². The number of fused-ring (bicyclic) bond motifs is 5. The first-order valence-electron chi connectivity index (χ1n) is 12.8. The molecule has 0 spiro atoms. The Morgan fingerprint density at radius 3 is 2.41 bits per heavy atom. The van der Waals surface area contributed by atoms with E-state index in [9.17, 15) is 4.79 Å². The lowest BCUT2D eigenvalue weighted by atomic mass is 9.43. The fourth-order valence-corrected chi connectivity index (χ4v) is 9.06. The van der Waals surface area contributed by atoms with Crippen molar-refractivity contribution in [2.45, 2.75) is 85.0 Å². The van der Waals surface area contributed by atoms with Crippen LogP contribution < -0.4 is 5.32 Å². The van der Waals surface area contributed by atoms with E-state index in [1.165, 1.54) is 70.9 Å². The van der Waals surface area contributed by atoms with Gasteiger partial charge in [-0.2, -0.15) is 0 Å². The van der Waals surface area contributed by atoms with Gasteiger partial charge >= 0.3 is 0 Å². The molecule has 0 aromatic carbocycles. The van der Waals surface area contributed by atoms with Gasteiger partial charge in [0.15, 0.2) is 0 Å². The van der Waals surface area contributed by atoms with E-state index in [0.717, 1.165) is 41.9 Å². The fourth-order valence-electron chi connectivity index (χ4n) is 9.06. The molecule has 3 unspecified atom stereocenters. The largest absolute Gasteiger partial charge is 0.317 e. The summed E-state index contributed by atoms with van der Waals surface area (Å²) in [7, 11) is 0. The molecule has 1 heterocycles. The van der Waals surface area contributed by atoms with Crippen molar-refractivity contribution in [1.82, 2.24) is 5.32 Å². The molecule has 2 nitrogen and oxygen atoms in total. The van der Waals surface area contributed by atoms with Crippen molar-refractivity contribution in [3.05, 3.63) is 12.2 Å². The SMILES string of the molecule is CC1C[C@@H]2[C@@H](CC[C@]3(C)C(=O)CC[C@@H]23)[C@@]2(C)CCC(C=CC3CCNCC3)CC12. The second kappa shape index (κ2) is 7.50. The number of piperidine rings is 1. The highest BCUT2D eigenvalue weighted by Crippen LogP contribution is 2.67. The molecule has 0 aromatic rings. The van der Waals surface area contributed by atoms with Crippen LogP contribution in [0.4, 0.5) is 0 Å². The molecule has 0 amide bonds. The molecule has 0 bridgehead atoms. The number of rotatable bonds is 2. The van der Waals surface area contributed by atoms with Crippen LogP contribution in [-0.4, -0.2) is 18.9 Å². The molecule has 1 N–H and O–H groups in total. The van der Waals surface area contributed by atoms with Crippen molar-refractivity contribution in [3.63, 3.8) is 0 Å². The number of carbonyl (C=O) groups is 1. The third-order valence-corrected chi connectivity index (χ3v) is 10.8. The van der Waals surface area contributed by atoms with Gasteiger partial charge in [-0.15, -0.1) is 0 Å². The van der Waals surface area contributed by atoms with Crippen LogP contribution in [0.3, 0.4) is 0 Å². The van der Waals surface area contributed by atoms with E-state index in [2.05, 4.69) is 38.2 Å². The van der Waals surface area contributed by atoms with Crippen molar-refractivity contribution in [2.24, 2.45) is 52.3 Å². The average Bonchev–Trinajstić information content (AvgIpc) is 3.03. The Kier molecular flexibility index (Phi) is 5.25. The first-order chi connectivity index (χ1) is 13.9. The highest BCUT2D eigenvalue weighted by molar-refractivity contribution is 5.87. The molecule has 29 heavy (non-hydrogen) atoms. The minimum absolute atomic E-state index is 0.0267. The molecule has 5 rings (SSSR count). The molecule has 5 aliphatic rings. The minimum atomic E-state index is 0.0267. The monoisotopic (exact) mass is 397 g/mol. The molecule has 0 radical (unpaired) electrons. The molecule has 0 aromatic heterocycles. The van der Waals surface area contributed by atoms with Crippen LogP contribution in [0.1, 0.15) is 85.0 Å². The van der Waals surface area contributed by atoms with Crippen LogP contribution in [0.5, 0.6) is 0 Å². The maximum atomic E-state index is 12.7. The average molecular weight is 398 g/mol. The van der Waals surface area contributed by atoms with Gasteiger partial charge in [0.2, 0.25) is 0 Å². The van der Waals surface area contributed by atoms with Crippen LogP contribution in [0.15, 0.2) is 12.2 Å². The molecule has 4 aliphatic carbocycles. The van der Waals surface area contributed by atoms with Gasteiger partial charge in [0, 0.05) is 11.8 Å². The Hall–Kier alpha value is -0.630. The van der Waals surface area contributed by atoms with Gasteiger partial charge in [0.25, 0.3) is 0 Å². The lowest BCUT2D eigenvalue weighted by molar-refractivity contribution is -0.146. The highest BCUT2D eigenvalue weighted by atomic mass is 16.1. The lowest BCUT2D eigenvalue weighted by Gasteiger charge is -2.62. The summed E-state index contributed by atoms with van der Waals surface area (Å²) in [5.74, 6) is 6.31. The number of allylic oxidation sites excluding steroid dienone is 2. The Balaban J connectivity index is 1.31. The van der Waals surface area contributed by atoms with Gasteiger partial charge in [0.05, 0.1) is 0 Å². The zero-order valence-corrected chi connectivity index (χ0v) is 19.1. The molecule has 5 fully saturated rings. The van der Waals surface area contributed by atoms with Gasteiger partial charge in [-0.05, 0) is 118 Å². The van der Waals surface area contributed by atoms with E-state index in [0.29, 0.717) is 17.1 Å². The number of carbonyl (C=O) groups excluding carboxylic acids is 1. The van der Waals surface area contributed by atoms with Gasteiger partial charge in [-0.25, -0.2) is 0 Å². The first kappa shape index (κ1) is 20.3. The van der Waals surface area contributed by atoms with Gasteiger partial charge < -0.3 is 5.32 Å². The lowest BCUT2D eigenvalue weighted by Crippen LogP contribution is -2.55. The summed E-state index contributed by atoms with van der Waals surface area (Å²) in [6.45, 7) is 9.94. The predicted octanol–water partition coefficient (Wildman–Crippen LogP) is 6.02. The second-order valence-electron chi connectivity index (χ2n) is 12.1. The minimum Gasteiger partial charge on any atom is -0.317 e. The van der Waals surface area contributed by atoms with E-state index in [-0.39, 0.29) is 5.41 Å². The number of hydrogen-bond donors (Lipinski definition) is 1. The predicted molar refractivity (Wildman–Crippen MR) is 120 cm³/mol. The van der Waals surface area contributed by atoms with Gasteiger partial charge in [0.1, 0.15) is 5.78 Å². The molecule has 2 heteroatoms. The molecular formula is C27H43NO. The third kappa shape index (κ3) is 3.27. The summed E-state index contributed by atoms with van der Waals surface area (Å²) < 4.78 is 0. The summed E-state index contributed by atoms with van der Waals surface area (Å²) in [4.78, 5) is 12.7. The second-order valence-corrected chi connectivity index (χ2v) is 12.1. The van der Waals surface area contributed by atoms with Crippen molar-refractivity contribution < 1.29 is 4.79 Å². The van der Waals surface area contributed by atoms with Crippen LogP contribution >= 0.6 is 0 Å². The molecule has 8 atom stereocenters. The van der Waals surface area contributed by atoms with Crippen LogP contribution in [0.2, 0.25) is 0 Å². The number of hydrogen-bond acceptors (Lipinski definition) is 2. The van der Waals surface area contributed by atoms with E-state index >= 15 is 0 Å². The Bertz CT molecular complexity index is 663. The summed E-state index contributed by atoms with van der Waals surface area (Å²) >= 11 is 0. The standard InChI is InChI=1S/C27H43NO/c1-18-16-21-22-6-7-25(29)27(22,3)13-9-23(21)26(2)12-8-20(17-24(18)26)5-4-19-10-14-28-15-11-19/h4-5,18-24,28H,6-17H2,1-3H3/t18?,20?,21-,22-,23+,24?,26+,27-/m0/s1. The Labute approximate surface area is 178 Å². The maximum Gasteiger partial charge on any atom is 0.139 e. The van der Waals surface area contributed by atoms with E-state index in [1.807, 2.05) is 0 Å². The summed E-state index contributed by atoms with van der Waals surface area (Å²) in [5.41, 5.74) is 0.549. The quantitative estimate of drug-likeness (QED) is 0.578. The molecule has 162 valence electrons. The Morgan fingerprint density at radius 1 is 0.862 bits per heavy atom. The van der Waals surface area contributed by atoms with Gasteiger partial charge in [-0.1, -0.05) is 32.9 Å². The summed E-state index contributed by atoms with van der Waals surface area (Å²) in [6, 6.07) is 0. The molecule has 4 saturated carbocycles. The van der Waals surface area contributed by atoms with E-state index in [1.54, 1.807) is 0 Å². The van der Waals surface area contributed by atoms with Crippen LogP contribution in [0.25, 0.3) is 0 Å². The fraction of sp³-hybridized carbons (Fsp3) is 0.889. The smallest absolute Gasteiger partial charge is 0.139 e. The molecular weight excluding hydrogens is 354 g/mol. The molecule has 1 aliphatic heterocycles. The van der Waals surface area contributed by atoms with Gasteiger partial charge in [-0.3, -0.25) is 4.79 Å². The highest BCUT2D eigenvalue weighted by Gasteiger charge is 2.61. The maximum absolute atomic E-state index is 12.7. The van der Waals surface area contributed by atoms with Crippen molar-refractivity contribution in [1.29, 1.82) is 0 Å². The topological polar surface area (TPSA) is 29.1 Å². The van der Waals surface area contributed by atoms with Crippen molar-refractivity contribution in [3.8, 4) is 0 Å². The zero-order valence-electron chi connectivity index (χ0n) is 19.1. The van der Waals surface area contributed by atoms with E-state index in [4.69, 9.17) is 0 Å². The number of Topliss-reactive ketones (excluding diaryl/α,β-unsaturated/α-hetero) is 1. The van der Waals surface area contributed by atoms with E-state index < -0.39 is 0 Å². The molecule has 1 saturated heterocycles. The number of ketones is 1. The zero-order chi connectivity index (χ0) is 20.2. The van der Waals surface area contributed by atoms with Crippen LogP contribution in [-0.2, 0) is 4.79 Å². The first-order valence-corrected chi connectivity index (χ1v) is 12.8. The van der Waals surface area contributed by atoms with Crippen molar-refractivity contribution >= 4 is 5.78 Å². The summed E-state index contributed by atoms with van der Waals surface area (Å²) in [5, 5.41) is 3.49. The summed E-state index contributed by atoms with van der Waals surface area (Å²) in [6.07, 6.45) is 18.0. The third-order valence-electron chi connectivity index (χ3n) is 10.8. The Morgan fingerprint density at radius 2 is 1.62 bits per heavy atom. The number of nitrogens with one attached hydrogen (secondary N) is 1. The normalized spacial score (nSPS) is 50.9.